The Bertz CT molecular complexity index is 817. The second-order valence-corrected chi connectivity index (χ2v) is 8.37. The summed E-state index contributed by atoms with van der Waals surface area (Å²) in [6.07, 6.45) is 2.16. The molecule has 6 heteroatoms. The molecule has 1 aliphatic carbocycles. The van der Waals surface area contributed by atoms with E-state index in [0.717, 1.165) is 28.4 Å². The van der Waals surface area contributed by atoms with Gasteiger partial charge in [0, 0.05) is 22.6 Å². The first-order valence-corrected chi connectivity index (χ1v) is 10.3. The molecule has 2 N–H and O–H groups in total. The van der Waals surface area contributed by atoms with Crippen LogP contribution in [0.25, 0.3) is 0 Å². The molecule has 1 fully saturated rings. The number of nitrogens with one attached hydrogen (secondary N) is 2. The number of hydrogen-bond acceptors (Lipinski definition) is 3. The Balaban J connectivity index is 1.46. The zero-order chi connectivity index (χ0) is 20.1. The smallest absolute Gasteiger partial charge is 0.251 e. The summed E-state index contributed by atoms with van der Waals surface area (Å²) in [5.41, 5.74) is 2.82. The highest BCUT2D eigenvalue weighted by atomic mass is 79.9. The van der Waals surface area contributed by atoms with E-state index in [2.05, 4.69) is 26.6 Å². The van der Waals surface area contributed by atoms with E-state index in [9.17, 15) is 9.59 Å². The quantitative estimate of drug-likeness (QED) is 0.654. The van der Waals surface area contributed by atoms with Gasteiger partial charge in [-0.25, -0.2) is 0 Å². The molecular formula is C22H26BrN3O2. The average Bonchev–Trinajstić information content (AvgIpc) is 3.46. The van der Waals surface area contributed by atoms with Crippen molar-refractivity contribution in [2.24, 2.45) is 0 Å². The van der Waals surface area contributed by atoms with Crippen molar-refractivity contribution >= 4 is 27.7 Å². The molecule has 1 atom stereocenters. The zero-order valence-electron chi connectivity index (χ0n) is 16.2. The van der Waals surface area contributed by atoms with Crippen LogP contribution >= 0.6 is 15.9 Å². The van der Waals surface area contributed by atoms with E-state index >= 15 is 0 Å². The van der Waals surface area contributed by atoms with Crippen molar-refractivity contribution in [2.75, 3.05) is 13.6 Å². The molecular weight excluding hydrogens is 418 g/mol. The molecule has 0 heterocycles. The summed E-state index contributed by atoms with van der Waals surface area (Å²) >= 11 is 3.42. The lowest BCUT2D eigenvalue weighted by atomic mass is 10.1. The molecule has 2 aromatic carbocycles. The lowest BCUT2D eigenvalue weighted by Crippen LogP contribution is -2.36. The topological polar surface area (TPSA) is 61.4 Å². The molecule has 0 aliphatic heterocycles. The highest BCUT2D eigenvalue weighted by Gasteiger charge is 2.23. The fourth-order valence-electron chi connectivity index (χ4n) is 2.99. The number of carbonyl (C=O) groups is 2. The maximum Gasteiger partial charge on any atom is 0.251 e. The van der Waals surface area contributed by atoms with E-state index in [1.165, 1.54) is 0 Å². The van der Waals surface area contributed by atoms with E-state index in [1.807, 2.05) is 67.4 Å². The third-order valence-electron chi connectivity index (χ3n) is 4.74. The Kier molecular flexibility index (Phi) is 6.86. The number of rotatable bonds is 8. The molecule has 3 rings (SSSR count). The predicted octanol–water partition coefficient (Wildman–Crippen LogP) is 3.65. The summed E-state index contributed by atoms with van der Waals surface area (Å²) in [7, 11) is 1.91. The summed E-state index contributed by atoms with van der Waals surface area (Å²) in [6.45, 7) is 2.93. The zero-order valence-corrected chi connectivity index (χ0v) is 17.8. The Labute approximate surface area is 174 Å². The monoisotopic (exact) mass is 443 g/mol. The van der Waals surface area contributed by atoms with Gasteiger partial charge in [-0.05, 0) is 62.2 Å². The van der Waals surface area contributed by atoms with Crippen LogP contribution in [0, 0.1) is 0 Å². The van der Waals surface area contributed by atoms with Crippen LogP contribution in [0.3, 0.4) is 0 Å². The largest absolute Gasteiger partial charge is 0.349 e. The normalized spacial score (nSPS) is 14.6. The van der Waals surface area contributed by atoms with Crippen LogP contribution in [-0.4, -0.2) is 36.3 Å². The molecule has 0 spiro atoms. The van der Waals surface area contributed by atoms with Crippen molar-refractivity contribution < 1.29 is 9.59 Å². The maximum absolute atomic E-state index is 12.3. The van der Waals surface area contributed by atoms with E-state index < -0.39 is 0 Å². The van der Waals surface area contributed by atoms with Gasteiger partial charge in [-0.1, -0.05) is 40.2 Å². The predicted molar refractivity (Wildman–Crippen MR) is 114 cm³/mol. The Morgan fingerprint density at radius 2 is 1.75 bits per heavy atom. The van der Waals surface area contributed by atoms with Crippen molar-refractivity contribution in [2.45, 2.75) is 38.4 Å². The maximum atomic E-state index is 12.3. The molecule has 0 bridgehead atoms. The van der Waals surface area contributed by atoms with Crippen molar-refractivity contribution in [3.63, 3.8) is 0 Å². The lowest BCUT2D eigenvalue weighted by molar-refractivity contribution is -0.122. The van der Waals surface area contributed by atoms with E-state index in [0.29, 0.717) is 24.7 Å². The second-order valence-electron chi connectivity index (χ2n) is 7.46. The Hall–Kier alpha value is -2.18. The summed E-state index contributed by atoms with van der Waals surface area (Å²) in [6, 6.07) is 15.8. The molecule has 0 aromatic heterocycles. The third kappa shape index (κ3) is 6.17. The fraction of sp³-hybridized carbons (Fsp3) is 0.364. The summed E-state index contributed by atoms with van der Waals surface area (Å²) in [5, 5.41) is 6.02. The molecule has 1 unspecified atom stereocenters. The van der Waals surface area contributed by atoms with Crippen molar-refractivity contribution in [3.8, 4) is 0 Å². The van der Waals surface area contributed by atoms with E-state index in [1.54, 1.807) is 0 Å². The Morgan fingerprint density at radius 3 is 2.36 bits per heavy atom. The lowest BCUT2D eigenvalue weighted by Gasteiger charge is -2.19. The molecule has 1 aliphatic rings. The fourth-order valence-corrected chi connectivity index (χ4v) is 3.26. The summed E-state index contributed by atoms with van der Waals surface area (Å²) < 4.78 is 1.02. The standard InChI is InChI=1S/C22H26BrN3O2/c1-15(17-7-9-19(23)10-8-17)24-21(27)14-26(2)13-16-3-5-18(6-4-16)22(28)25-20-11-12-20/h3-10,15,20H,11-14H2,1-2H3,(H,24,27)(H,25,28). The van der Waals surface area contributed by atoms with E-state index in [-0.39, 0.29) is 17.9 Å². The highest BCUT2D eigenvalue weighted by molar-refractivity contribution is 9.10. The van der Waals surface area contributed by atoms with Gasteiger partial charge in [0.1, 0.15) is 0 Å². The van der Waals surface area contributed by atoms with Gasteiger partial charge in [0.25, 0.3) is 5.91 Å². The van der Waals surface area contributed by atoms with Crippen LogP contribution in [0.1, 0.15) is 47.3 Å². The minimum Gasteiger partial charge on any atom is -0.349 e. The van der Waals surface area contributed by atoms with Crippen molar-refractivity contribution in [3.05, 3.63) is 69.7 Å². The molecule has 2 aromatic rings. The number of amides is 2. The molecule has 1 saturated carbocycles. The first-order valence-electron chi connectivity index (χ1n) is 9.54. The number of halogens is 1. The van der Waals surface area contributed by atoms with Crippen LogP contribution in [0.2, 0.25) is 0 Å². The van der Waals surface area contributed by atoms with Gasteiger partial charge in [-0.3, -0.25) is 14.5 Å². The molecule has 5 nitrogen and oxygen atoms in total. The molecule has 28 heavy (non-hydrogen) atoms. The average molecular weight is 444 g/mol. The number of benzene rings is 2. The van der Waals surface area contributed by atoms with Gasteiger partial charge in [-0.2, -0.15) is 0 Å². The first-order chi connectivity index (χ1) is 13.4. The number of hydrogen-bond donors (Lipinski definition) is 2. The van der Waals surface area contributed by atoms with Crippen molar-refractivity contribution in [1.82, 2.24) is 15.5 Å². The molecule has 0 saturated heterocycles. The van der Waals surface area contributed by atoms with Crippen LogP contribution in [0.5, 0.6) is 0 Å². The summed E-state index contributed by atoms with van der Waals surface area (Å²) in [4.78, 5) is 26.3. The van der Waals surface area contributed by atoms with Gasteiger partial charge >= 0.3 is 0 Å². The first kappa shape index (κ1) is 20.6. The molecule has 0 radical (unpaired) electrons. The SMILES string of the molecule is CC(NC(=O)CN(C)Cc1ccc(C(=O)NC2CC2)cc1)c1ccc(Br)cc1. The minimum atomic E-state index is -0.0433. The van der Waals surface area contributed by atoms with Crippen LogP contribution in [0.4, 0.5) is 0 Å². The number of likely N-dealkylation sites (N-methyl/N-ethyl adjacent to an activating group) is 1. The number of carbonyl (C=O) groups excluding carboxylic acids is 2. The van der Waals surface area contributed by atoms with Gasteiger partial charge in [0.05, 0.1) is 12.6 Å². The van der Waals surface area contributed by atoms with Gasteiger partial charge in [-0.15, -0.1) is 0 Å². The van der Waals surface area contributed by atoms with Crippen molar-refractivity contribution in [1.29, 1.82) is 0 Å². The van der Waals surface area contributed by atoms with Crippen LogP contribution < -0.4 is 10.6 Å². The summed E-state index contributed by atoms with van der Waals surface area (Å²) in [5.74, 6) is -0.0259. The Morgan fingerprint density at radius 1 is 1.11 bits per heavy atom. The molecule has 148 valence electrons. The number of nitrogens with zero attached hydrogens (tertiary/aromatic N) is 1. The van der Waals surface area contributed by atoms with Crippen LogP contribution in [-0.2, 0) is 11.3 Å². The van der Waals surface area contributed by atoms with Gasteiger partial charge in [0.15, 0.2) is 0 Å². The second kappa shape index (κ2) is 9.34. The van der Waals surface area contributed by atoms with Gasteiger partial charge in [0.2, 0.25) is 5.91 Å². The third-order valence-corrected chi connectivity index (χ3v) is 5.27. The van der Waals surface area contributed by atoms with Crippen LogP contribution in [0.15, 0.2) is 53.0 Å². The minimum absolute atomic E-state index is 0.0105. The van der Waals surface area contributed by atoms with Gasteiger partial charge < -0.3 is 10.6 Å². The highest BCUT2D eigenvalue weighted by Crippen LogP contribution is 2.19. The molecule has 2 amide bonds. The van der Waals surface area contributed by atoms with E-state index in [4.69, 9.17) is 0 Å².